The standard InChI is InChI=1S/C34H42O2/c1-3-5-7-9-11-13-15-25-23-31-29-17-18-30-28(27(29)19-21-33(31)35-25)20-22-34-32(30)24-26(36-34)16-14-12-10-8-6-4-2/h17-24H,3-16H2,1-2H3. The van der Waals surface area contributed by atoms with E-state index in [0.717, 1.165) is 35.5 Å². The molecule has 0 saturated carbocycles. The molecule has 0 fully saturated rings. The first kappa shape index (κ1) is 24.9. The van der Waals surface area contributed by atoms with Crippen LogP contribution in [-0.4, -0.2) is 0 Å². The van der Waals surface area contributed by atoms with Crippen LogP contribution in [0.1, 0.15) is 102 Å². The van der Waals surface area contributed by atoms with Gasteiger partial charge in [-0.05, 0) is 58.7 Å². The molecule has 0 unspecified atom stereocenters. The van der Waals surface area contributed by atoms with Crippen molar-refractivity contribution in [3.63, 3.8) is 0 Å². The number of hydrogen-bond acceptors (Lipinski definition) is 2. The predicted molar refractivity (Wildman–Crippen MR) is 155 cm³/mol. The minimum atomic E-state index is 1.01. The van der Waals surface area contributed by atoms with E-state index in [2.05, 4.69) is 62.4 Å². The summed E-state index contributed by atoms with van der Waals surface area (Å²) >= 11 is 0. The Hall–Kier alpha value is -2.74. The fourth-order valence-electron chi connectivity index (χ4n) is 5.77. The number of aryl methyl sites for hydroxylation is 2. The maximum absolute atomic E-state index is 6.24. The average Bonchev–Trinajstić information content (AvgIpc) is 3.51. The van der Waals surface area contributed by atoms with Gasteiger partial charge in [0.1, 0.15) is 22.7 Å². The number of hydrogen-bond donors (Lipinski definition) is 0. The van der Waals surface area contributed by atoms with Gasteiger partial charge in [0.05, 0.1) is 0 Å². The Morgan fingerprint density at radius 3 is 1.22 bits per heavy atom. The lowest BCUT2D eigenvalue weighted by molar-refractivity contribution is 0.521. The maximum atomic E-state index is 6.24. The molecule has 0 atom stereocenters. The molecule has 0 aliphatic carbocycles. The van der Waals surface area contributed by atoms with Gasteiger partial charge in [-0.25, -0.2) is 0 Å². The molecule has 36 heavy (non-hydrogen) atoms. The first-order valence-corrected chi connectivity index (χ1v) is 14.6. The summed E-state index contributed by atoms with van der Waals surface area (Å²) in [5.41, 5.74) is 2.02. The van der Waals surface area contributed by atoms with Crippen molar-refractivity contribution in [1.82, 2.24) is 0 Å². The number of unbranched alkanes of at least 4 members (excludes halogenated alkanes) is 10. The van der Waals surface area contributed by atoms with Gasteiger partial charge in [-0.2, -0.15) is 0 Å². The average molecular weight is 483 g/mol. The van der Waals surface area contributed by atoms with Crippen LogP contribution in [0.25, 0.3) is 43.5 Å². The zero-order valence-corrected chi connectivity index (χ0v) is 22.3. The molecule has 0 amide bonds. The fourth-order valence-corrected chi connectivity index (χ4v) is 5.77. The Morgan fingerprint density at radius 1 is 0.417 bits per heavy atom. The second kappa shape index (κ2) is 12.0. The van der Waals surface area contributed by atoms with Crippen LogP contribution in [-0.2, 0) is 12.8 Å². The van der Waals surface area contributed by atoms with E-state index in [1.165, 1.54) is 109 Å². The van der Waals surface area contributed by atoms with Crippen LogP contribution in [0.5, 0.6) is 0 Å². The van der Waals surface area contributed by atoms with Crippen LogP contribution < -0.4 is 0 Å². The normalized spacial score (nSPS) is 12.1. The SMILES string of the molecule is CCCCCCCCc1cc2c(ccc3c2ccc2c4cc(CCCCCCCC)oc4ccc23)o1. The van der Waals surface area contributed by atoms with Gasteiger partial charge in [-0.15, -0.1) is 0 Å². The van der Waals surface area contributed by atoms with E-state index in [4.69, 9.17) is 8.83 Å². The molecule has 0 spiro atoms. The third-order valence-electron chi connectivity index (χ3n) is 7.85. The van der Waals surface area contributed by atoms with Gasteiger partial charge in [-0.3, -0.25) is 0 Å². The predicted octanol–water partition coefficient (Wildman–Crippen LogP) is 11.3. The lowest BCUT2D eigenvalue weighted by atomic mass is 9.97. The highest BCUT2D eigenvalue weighted by Crippen LogP contribution is 2.37. The summed E-state index contributed by atoms with van der Waals surface area (Å²) in [5.74, 6) is 2.25. The van der Waals surface area contributed by atoms with Crippen LogP contribution in [0.4, 0.5) is 0 Å². The van der Waals surface area contributed by atoms with Crippen LogP contribution in [0.3, 0.4) is 0 Å². The molecule has 2 aromatic heterocycles. The highest BCUT2D eigenvalue weighted by Gasteiger charge is 2.13. The van der Waals surface area contributed by atoms with E-state index < -0.39 is 0 Å². The van der Waals surface area contributed by atoms with Crippen molar-refractivity contribution in [2.45, 2.75) is 104 Å². The highest BCUT2D eigenvalue weighted by atomic mass is 16.3. The monoisotopic (exact) mass is 482 g/mol. The van der Waals surface area contributed by atoms with E-state index in [0.29, 0.717) is 0 Å². The van der Waals surface area contributed by atoms with Crippen molar-refractivity contribution < 1.29 is 8.83 Å². The summed E-state index contributed by atoms with van der Waals surface area (Å²) < 4.78 is 12.5. The molecular weight excluding hydrogens is 440 g/mol. The molecule has 0 aliphatic heterocycles. The summed E-state index contributed by atoms with van der Waals surface area (Å²) in [6, 6.07) is 17.9. The second-order valence-corrected chi connectivity index (χ2v) is 10.7. The van der Waals surface area contributed by atoms with Crippen molar-refractivity contribution in [3.05, 3.63) is 60.1 Å². The molecule has 2 nitrogen and oxygen atoms in total. The van der Waals surface area contributed by atoms with Gasteiger partial charge >= 0.3 is 0 Å². The minimum absolute atomic E-state index is 1.01. The molecule has 2 heteroatoms. The van der Waals surface area contributed by atoms with E-state index in [1.54, 1.807) is 0 Å². The molecule has 190 valence electrons. The molecule has 0 saturated heterocycles. The third kappa shape index (κ3) is 5.48. The molecule has 0 radical (unpaired) electrons. The molecule has 3 aromatic carbocycles. The fraction of sp³-hybridized carbons (Fsp3) is 0.471. The Bertz CT molecular complexity index is 1310. The minimum Gasteiger partial charge on any atom is -0.461 e. The first-order valence-electron chi connectivity index (χ1n) is 14.6. The van der Waals surface area contributed by atoms with Gasteiger partial charge < -0.3 is 8.83 Å². The molecule has 5 rings (SSSR count). The van der Waals surface area contributed by atoms with Crippen molar-refractivity contribution in [1.29, 1.82) is 0 Å². The molecule has 0 aliphatic rings. The van der Waals surface area contributed by atoms with Crippen molar-refractivity contribution in [2.75, 3.05) is 0 Å². The van der Waals surface area contributed by atoms with Gasteiger partial charge in [-0.1, -0.05) is 102 Å². The van der Waals surface area contributed by atoms with Gasteiger partial charge in [0.25, 0.3) is 0 Å². The Balaban J connectivity index is 1.35. The summed E-state index contributed by atoms with van der Waals surface area (Å²) in [6.07, 6.45) is 17.8. The maximum Gasteiger partial charge on any atom is 0.134 e. The highest BCUT2D eigenvalue weighted by molar-refractivity contribution is 6.21. The third-order valence-corrected chi connectivity index (χ3v) is 7.85. The summed E-state index contributed by atoms with van der Waals surface area (Å²) in [4.78, 5) is 0. The second-order valence-electron chi connectivity index (χ2n) is 10.7. The van der Waals surface area contributed by atoms with Gasteiger partial charge in [0.15, 0.2) is 0 Å². The molecular formula is C34H42O2. The zero-order chi connectivity index (χ0) is 24.7. The molecule has 0 bridgehead atoms. The van der Waals surface area contributed by atoms with Crippen molar-refractivity contribution in [3.8, 4) is 0 Å². The zero-order valence-electron chi connectivity index (χ0n) is 22.3. The lowest BCUT2D eigenvalue weighted by Gasteiger charge is -2.05. The molecule has 0 N–H and O–H groups in total. The van der Waals surface area contributed by atoms with Crippen LogP contribution in [0.2, 0.25) is 0 Å². The Labute approximate surface area is 216 Å². The van der Waals surface area contributed by atoms with Crippen LogP contribution >= 0.6 is 0 Å². The number of rotatable bonds is 14. The van der Waals surface area contributed by atoms with Crippen molar-refractivity contribution in [2.24, 2.45) is 0 Å². The lowest BCUT2D eigenvalue weighted by Crippen LogP contribution is -1.83. The summed E-state index contributed by atoms with van der Waals surface area (Å²) in [5, 5.41) is 7.65. The Kier molecular flexibility index (Phi) is 8.31. The van der Waals surface area contributed by atoms with E-state index in [-0.39, 0.29) is 0 Å². The quantitative estimate of drug-likeness (QED) is 0.116. The summed E-state index contributed by atoms with van der Waals surface area (Å²) in [7, 11) is 0. The largest absolute Gasteiger partial charge is 0.461 e. The number of fused-ring (bicyclic) bond motifs is 7. The van der Waals surface area contributed by atoms with Gasteiger partial charge in [0, 0.05) is 23.6 Å². The van der Waals surface area contributed by atoms with Crippen LogP contribution in [0.15, 0.2) is 57.4 Å². The van der Waals surface area contributed by atoms with Crippen LogP contribution in [0, 0.1) is 0 Å². The van der Waals surface area contributed by atoms with E-state index in [9.17, 15) is 0 Å². The summed E-state index contributed by atoms with van der Waals surface area (Å²) in [6.45, 7) is 4.54. The van der Waals surface area contributed by atoms with E-state index >= 15 is 0 Å². The Morgan fingerprint density at radius 2 is 0.778 bits per heavy atom. The first-order chi connectivity index (χ1) is 17.8. The smallest absolute Gasteiger partial charge is 0.134 e. The number of benzene rings is 3. The van der Waals surface area contributed by atoms with Crippen molar-refractivity contribution >= 4 is 43.5 Å². The van der Waals surface area contributed by atoms with Gasteiger partial charge in [0.2, 0.25) is 0 Å². The van der Waals surface area contributed by atoms with E-state index in [1.807, 2.05) is 0 Å². The number of furan rings is 2. The molecule has 5 aromatic rings. The topological polar surface area (TPSA) is 26.3 Å². The molecule has 2 heterocycles.